The summed E-state index contributed by atoms with van der Waals surface area (Å²) in [5.41, 5.74) is 1.12. The highest BCUT2D eigenvalue weighted by Gasteiger charge is 2.15. The summed E-state index contributed by atoms with van der Waals surface area (Å²) in [5, 5.41) is 0. The number of rotatable bonds is 4. The van der Waals surface area contributed by atoms with E-state index in [1.807, 2.05) is 31.2 Å². The van der Waals surface area contributed by atoms with Crippen molar-refractivity contribution < 1.29 is 13.5 Å². The molecule has 2 rings (SSSR count). The second kappa shape index (κ2) is 6.15. The highest BCUT2D eigenvalue weighted by atomic mass is 79.9. The van der Waals surface area contributed by atoms with Gasteiger partial charge in [-0.15, -0.1) is 0 Å². The largest absolute Gasteiger partial charge is 0.494 e. The van der Waals surface area contributed by atoms with Crippen LogP contribution in [0.5, 0.6) is 5.75 Å². The number of hydrogen-bond acceptors (Lipinski definition) is 1. The molecule has 100 valence electrons. The summed E-state index contributed by atoms with van der Waals surface area (Å²) in [5.74, 6) is -0.130. The van der Waals surface area contributed by atoms with E-state index in [1.165, 1.54) is 6.07 Å². The fourth-order valence-corrected chi connectivity index (χ4v) is 2.44. The van der Waals surface area contributed by atoms with Crippen LogP contribution in [0.3, 0.4) is 0 Å². The molecule has 0 N–H and O–H groups in total. The third-order valence-corrected chi connectivity index (χ3v) is 3.74. The summed E-state index contributed by atoms with van der Waals surface area (Å²) in [4.78, 5) is -0.390. The van der Waals surface area contributed by atoms with Gasteiger partial charge < -0.3 is 4.74 Å². The first kappa shape index (κ1) is 14.0. The molecule has 0 saturated carbocycles. The Morgan fingerprint density at radius 1 is 1.11 bits per heavy atom. The molecular formula is C15H13BrF2O. The minimum Gasteiger partial charge on any atom is -0.494 e. The van der Waals surface area contributed by atoms with Gasteiger partial charge in [-0.05, 0) is 42.8 Å². The fourth-order valence-electron chi connectivity index (χ4n) is 1.79. The van der Waals surface area contributed by atoms with E-state index in [4.69, 9.17) is 4.74 Å². The van der Waals surface area contributed by atoms with Gasteiger partial charge in [0.1, 0.15) is 17.4 Å². The van der Waals surface area contributed by atoms with Gasteiger partial charge in [-0.25, -0.2) is 8.78 Å². The van der Waals surface area contributed by atoms with Crippen LogP contribution in [0, 0.1) is 11.6 Å². The van der Waals surface area contributed by atoms with Crippen LogP contribution in [-0.2, 0) is 0 Å². The van der Waals surface area contributed by atoms with Crippen LogP contribution in [0.15, 0.2) is 42.5 Å². The van der Waals surface area contributed by atoms with E-state index in [-0.39, 0.29) is 10.4 Å². The van der Waals surface area contributed by atoms with Crippen LogP contribution in [0.4, 0.5) is 8.78 Å². The van der Waals surface area contributed by atoms with Crippen molar-refractivity contribution in [2.24, 2.45) is 0 Å². The number of hydrogen-bond donors (Lipinski definition) is 0. The highest BCUT2D eigenvalue weighted by molar-refractivity contribution is 9.09. The third kappa shape index (κ3) is 3.32. The van der Waals surface area contributed by atoms with E-state index >= 15 is 0 Å². The zero-order chi connectivity index (χ0) is 13.8. The van der Waals surface area contributed by atoms with E-state index in [9.17, 15) is 8.78 Å². The predicted molar refractivity (Wildman–Crippen MR) is 74.7 cm³/mol. The Hall–Kier alpha value is -1.42. The lowest BCUT2D eigenvalue weighted by Crippen LogP contribution is -1.98. The summed E-state index contributed by atoms with van der Waals surface area (Å²) >= 11 is 3.40. The molecule has 0 aromatic heterocycles. The van der Waals surface area contributed by atoms with Crippen LogP contribution >= 0.6 is 15.9 Å². The molecule has 1 unspecified atom stereocenters. The standard InChI is InChI=1S/C15H13BrF2O/c1-2-19-12-6-3-10(4-7-12)15(16)13-9-11(17)5-8-14(13)18/h3-9,15H,2H2,1H3. The maximum atomic E-state index is 13.7. The quantitative estimate of drug-likeness (QED) is 0.730. The Morgan fingerprint density at radius 2 is 1.79 bits per heavy atom. The van der Waals surface area contributed by atoms with Crippen LogP contribution in [-0.4, -0.2) is 6.61 Å². The highest BCUT2D eigenvalue weighted by Crippen LogP contribution is 2.33. The van der Waals surface area contributed by atoms with Gasteiger partial charge in [-0.2, -0.15) is 0 Å². The van der Waals surface area contributed by atoms with Crippen LogP contribution < -0.4 is 4.74 Å². The number of alkyl halides is 1. The monoisotopic (exact) mass is 326 g/mol. The summed E-state index contributed by atoms with van der Waals surface area (Å²) < 4.78 is 32.2. The van der Waals surface area contributed by atoms with Crippen LogP contribution in [0.2, 0.25) is 0 Å². The van der Waals surface area contributed by atoms with Crippen molar-refractivity contribution in [1.82, 2.24) is 0 Å². The summed E-state index contributed by atoms with van der Waals surface area (Å²) in [6.45, 7) is 2.50. The Labute approximate surface area is 119 Å². The van der Waals surface area contributed by atoms with Gasteiger partial charge in [0.05, 0.1) is 11.4 Å². The van der Waals surface area contributed by atoms with E-state index in [2.05, 4.69) is 15.9 Å². The van der Waals surface area contributed by atoms with E-state index < -0.39 is 11.6 Å². The second-order valence-corrected chi connectivity index (χ2v) is 4.95. The first-order valence-corrected chi connectivity index (χ1v) is 6.85. The third-order valence-electron chi connectivity index (χ3n) is 2.71. The molecule has 0 fully saturated rings. The molecule has 4 heteroatoms. The molecule has 2 aromatic carbocycles. The minimum absolute atomic E-state index is 0.282. The summed E-state index contributed by atoms with van der Waals surface area (Å²) in [6.07, 6.45) is 0. The van der Waals surface area contributed by atoms with Crippen molar-refractivity contribution in [1.29, 1.82) is 0 Å². The molecule has 0 aliphatic rings. The number of ether oxygens (including phenoxy) is 1. The maximum absolute atomic E-state index is 13.7. The Kier molecular flexibility index (Phi) is 4.53. The molecule has 1 atom stereocenters. The number of benzene rings is 2. The molecule has 1 nitrogen and oxygen atoms in total. The molecular weight excluding hydrogens is 314 g/mol. The zero-order valence-corrected chi connectivity index (χ0v) is 12.0. The average molecular weight is 327 g/mol. The van der Waals surface area contributed by atoms with Gasteiger partial charge in [0.25, 0.3) is 0 Å². The van der Waals surface area contributed by atoms with E-state index in [1.54, 1.807) is 0 Å². The molecule has 0 bridgehead atoms. The molecule has 0 aliphatic heterocycles. The van der Waals surface area contributed by atoms with Crippen LogP contribution in [0.25, 0.3) is 0 Å². The van der Waals surface area contributed by atoms with Crippen LogP contribution in [0.1, 0.15) is 22.9 Å². The van der Waals surface area contributed by atoms with E-state index in [0.29, 0.717) is 6.61 Å². The SMILES string of the molecule is CCOc1ccc(C(Br)c2cc(F)ccc2F)cc1. The summed E-state index contributed by atoms with van der Waals surface area (Å²) in [6, 6.07) is 10.7. The average Bonchev–Trinajstić information content (AvgIpc) is 2.42. The fraction of sp³-hybridized carbons (Fsp3) is 0.200. The lowest BCUT2D eigenvalue weighted by molar-refractivity contribution is 0.340. The Balaban J connectivity index is 2.27. The van der Waals surface area contributed by atoms with Crippen molar-refractivity contribution in [2.45, 2.75) is 11.8 Å². The van der Waals surface area contributed by atoms with Gasteiger partial charge in [0, 0.05) is 5.56 Å². The topological polar surface area (TPSA) is 9.23 Å². The van der Waals surface area contributed by atoms with E-state index in [0.717, 1.165) is 23.4 Å². The first-order chi connectivity index (χ1) is 9.11. The van der Waals surface area contributed by atoms with Crippen molar-refractivity contribution in [3.63, 3.8) is 0 Å². The lowest BCUT2D eigenvalue weighted by Gasteiger charge is -2.12. The zero-order valence-electron chi connectivity index (χ0n) is 10.4. The van der Waals surface area contributed by atoms with Gasteiger partial charge in [-0.3, -0.25) is 0 Å². The lowest BCUT2D eigenvalue weighted by atomic mass is 10.0. The Morgan fingerprint density at radius 3 is 2.42 bits per heavy atom. The maximum Gasteiger partial charge on any atom is 0.128 e. The summed E-state index contributed by atoms with van der Waals surface area (Å²) in [7, 11) is 0. The van der Waals surface area contributed by atoms with Crippen molar-refractivity contribution in [3.05, 3.63) is 65.2 Å². The number of halogens is 3. The van der Waals surface area contributed by atoms with Crippen molar-refractivity contribution in [3.8, 4) is 5.75 Å². The van der Waals surface area contributed by atoms with Gasteiger partial charge in [0.15, 0.2) is 0 Å². The Bertz CT molecular complexity index is 555. The van der Waals surface area contributed by atoms with Gasteiger partial charge >= 0.3 is 0 Å². The van der Waals surface area contributed by atoms with Gasteiger partial charge in [0.2, 0.25) is 0 Å². The van der Waals surface area contributed by atoms with Crippen molar-refractivity contribution >= 4 is 15.9 Å². The molecule has 2 aromatic rings. The second-order valence-electron chi connectivity index (χ2n) is 4.03. The molecule has 19 heavy (non-hydrogen) atoms. The molecule has 0 aliphatic carbocycles. The van der Waals surface area contributed by atoms with Gasteiger partial charge in [-0.1, -0.05) is 28.1 Å². The molecule has 0 saturated heterocycles. The predicted octanol–water partition coefficient (Wildman–Crippen LogP) is 4.85. The molecule has 0 radical (unpaired) electrons. The van der Waals surface area contributed by atoms with Crippen molar-refractivity contribution in [2.75, 3.05) is 6.61 Å². The first-order valence-electron chi connectivity index (χ1n) is 5.93. The minimum atomic E-state index is -0.452. The molecule has 0 heterocycles. The normalized spacial score (nSPS) is 12.2. The smallest absolute Gasteiger partial charge is 0.128 e. The molecule has 0 spiro atoms. The molecule has 0 amide bonds.